The number of carbonyl (C=O) groups excluding carboxylic acids is 4. The predicted molar refractivity (Wildman–Crippen MR) is 185 cm³/mol. The summed E-state index contributed by atoms with van der Waals surface area (Å²) in [5, 5.41) is 1.41. The highest BCUT2D eigenvalue weighted by atomic mass is 79.9. The van der Waals surface area contributed by atoms with Gasteiger partial charge in [-0.1, -0.05) is 35.3 Å². The van der Waals surface area contributed by atoms with Crippen molar-refractivity contribution in [2.75, 3.05) is 10.8 Å². The van der Waals surface area contributed by atoms with Gasteiger partial charge in [-0.2, -0.15) is 0 Å². The van der Waals surface area contributed by atoms with Gasteiger partial charge in [0.05, 0.1) is 39.3 Å². The molecule has 47 heavy (non-hydrogen) atoms. The van der Waals surface area contributed by atoms with Gasteiger partial charge in [0, 0.05) is 38.3 Å². The molecule has 2 amide bonds. The second-order valence-corrected chi connectivity index (χ2v) is 14.5. The van der Waals surface area contributed by atoms with Crippen molar-refractivity contribution in [3.05, 3.63) is 91.9 Å². The van der Waals surface area contributed by atoms with Gasteiger partial charge in [-0.15, -0.1) is 11.6 Å². The van der Waals surface area contributed by atoms with E-state index in [9.17, 15) is 19.2 Å². The number of halogens is 4. The molecule has 240 valence electrons. The molecule has 7 nitrogen and oxygen atoms in total. The summed E-state index contributed by atoms with van der Waals surface area (Å²) < 4.78 is 6.41. The Morgan fingerprint density at radius 1 is 0.979 bits per heavy atom. The molecule has 3 fully saturated rings. The number of alkyl halides is 1. The van der Waals surface area contributed by atoms with E-state index in [-0.39, 0.29) is 41.5 Å². The lowest BCUT2D eigenvalue weighted by molar-refractivity contribution is -0.123. The number of imide groups is 1. The topological polar surface area (TPSA) is 93.6 Å². The number of ketones is 1. The number of fused-ring (bicyclic) bond motifs is 6. The maximum Gasteiger partial charge on any atom is 0.339 e. The highest BCUT2D eigenvalue weighted by Crippen LogP contribution is 2.56. The van der Waals surface area contributed by atoms with E-state index in [0.29, 0.717) is 65.3 Å². The molecule has 5 atom stereocenters. The van der Waals surface area contributed by atoms with E-state index in [1.165, 1.54) is 4.90 Å². The highest BCUT2D eigenvalue weighted by molar-refractivity contribution is 9.10. The summed E-state index contributed by atoms with van der Waals surface area (Å²) in [6.45, 7) is 1.80. The van der Waals surface area contributed by atoms with Gasteiger partial charge in [-0.3, -0.25) is 19.3 Å². The lowest BCUT2D eigenvalue weighted by atomic mass is 9.81. The molecule has 11 heteroatoms. The van der Waals surface area contributed by atoms with E-state index in [1.807, 2.05) is 0 Å². The second kappa shape index (κ2) is 12.6. The molecule has 3 aliphatic rings. The molecule has 1 aliphatic heterocycles. The van der Waals surface area contributed by atoms with Crippen LogP contribution in [0.5, 0.6) is 0 Å². The Labute approximate surface area is 294 Å². The third-order valence-corrected chi connectivity index (χ3v) is 11.6. The number of rotatable bonds is 8. The summed E-state index contributed by atoms with van der Waals surface area (Å²) in [5.41, 5.74) is 3.28. The van der Waals surface area contributed by atoms with Crippen molar-refractivity contribution in [2.45, 2.75) is 38.7 Å². The fraction of sp³-hybridized carbons (Fsp3) is 0.306. The molecule has 2 saturated carbocycles. The monoisotopic (exact) mass is 752 g/mol. The van der Waals surface area contributed by atoms with Gasteiger partial charge in [0.15, 0.2) is 6.10 Å². The first kappa shape index (κ1) is 32.3. The Morgan fingerprint density at radius 3 is 2.23 bits per heavy atom. The van der Waals surface area contributed by atoms with Crippen LogP contribution >= 0.6 is 50.7 Å². The maximum atomic E-state index is 13.9. The maximum absolute atomic E-state index is 13.9. The zero-order valence-corrected chi connectivity index (χ0v) is 29.0. The number of pyridine rings is 1. The highest BCUT2D eigenvalue weighted by Gasteiger charge is 2.61. The first-order chi connectivity index (χ1) is 22.6. The van der Waals surface area contributed by atoms with E-state index >= 15 is 0 Å². The molecule has 2 bridgehead atoms. The Bertz CT molecular complexity index is 1940. The zero-order valence-electron chi connectivity index (χ0n) is 25.1. The van der Waals surface area contributed by atoms with Crippen LogP contribution in [0.1, 0.15) is 52.0 Å². The Kier molecular flexibility index (Phi) is 8.66. The average Bonchev–Trinajstić information content (AvgIpc) is 3.76. The summed E-state index contributed by atoms with van der Waals surface area (Å²) in [6.07, 6.45) is 1.97. The van der Waals surface area contributed by atoms with Crippen LogP contribution in [-0.2, 0) is 14.3 Å². The molecular weight excluding hydrogens is 727 g/mol. The van der Waals surface area contributed by atoms with E-state index in [2.05, 4.69) is 15.9 Å². The minimum Gasteiger partial charge on any atom is -0.450 e. The van der Waals surface area contributed by atoms with E-state index in [1.54, 1.807) is 67.6 Å². The largest absolute Gasteiger partial charge is 0.450 e. The number of aryl methyl sites for hydroxylation is 1. The Balaban J connectivity index is 1.23. The fourth-order valence-corrected chi connectivity index (χ4v) is 8.55. The number of Topliss-reactive ketones (excluding diaryl/α,β-unsaturated/α-hetero) is 1. The number of amides is 2. The quantitative estimate of drug-likeness (QED) is 0.0773. The summed E-state index contributed by atoms with van der Waals surface area (Å²) >= 11 is 22.1. The van der Waals surface area contributed by atoms with Crippen molar-refractivity contribution in [2.24, 2.45) is 23.7 Å². The third-order valence-electron chi connectivity index (χ3n) is 9.83. The number of esters is 1. The van der Waals surface area contributed by atoms with Crippen molar-refractivity contribution in [1.29, 1.82) is 0 Å². The van der Waals surface area contributed by atoms with Gasteiger partial charge in [-0.05, 0) is 108 Å². The molecule has 0 radical (unpaired) electrons. The number of hydrogen-bond donors (Lipinski definition) is 0. The zero-order chi connectivity index (χ0) is 33.1. The summed E-state index contributed by atoms with van der Waals surface area (Å²) in [6, 6.07) is 16.7. The average molecular weight is 755 g/mol. The van der Waals surface area contributed by atoms with Gasteiger partial charge < -0.3 is 4.74 Å². The van der Waals surface area contributed by atoms with Gasteiger partial charge >= 0.3 is 5.97 Å². The molecule has 4 aromatic rings. The van der Waals surface area contributed by atoms with Gasteiger partial charge in [0.1, 0.15) is 0 Å². The second-order valence-electron chi connectivity index (χ2n) is 12.4. The summed E-state index contributed by atoms with van der Waals surface area (Å²) in [4.78, 5) is 60.2. The van der Waals surface area contributed by atoms with Crippen molar-refractivity contribution < 1.29 is 23.9 Å². The van der Waals surface area contributed by atoms with Crippen LogP contribution in [0.2, 0.25) is 10.0 Å². The number of nitrogens with zero attached hydrogens (tertiary/aromatic N) is 2. The van der Waals surface area contributed by atoms with Crippen molar-refractivity contribution in [1.82, 2.24) is 4.98 Å². The molecule has 5 unspecified atom stereocenters. The number of ether oxygens (including phenoxy) is 1. The van der Waals surface area contributed by atoms with Crippen LogP contribution in [0.4, 0.5) is 5.69 Å². The lowest BCUT2D eigenvalue weighted by Crippen LogP contribution is -2.32. The van der Waals surface area contributed by atoms with E-state index in [0.717, 1.165) is 19.3 Å². The number of benzene rings is 3. The number of anilines is 1. The molecule has 1 aromatic heterocycles. The Hall–Kier alpha value is -3.30. The minimum atomic E-state index is -1.13. The van der Waals surface area contributed by atoms with E-state index < -0.39 is 17.9 Å². The summed E-state index contributed by atoms with van der Waals surface area (Å²) in [5.74, 6) is -1.07. The van der Waals surface area contributed by atoms with Crippen LogP contribution in [-0.4, -0.2) is 40.5 Å². The standard InChI is InChI=1S/C36H28BrCl3N2O5/c1-17-31(40)26(37)15-24-25(36(46)47-28(12-13-38)33(43)19-4-8-22(39)9-5-19)16-27(41-32(17)24)18-6-10-23(11-7-18)42-34(44)29-20-2-3-21(14-20)30(29)35(42)45/h4-11,15-16,20-21,28-30H,2-3,12-14H2,1H3. The summed E-state index contributed by atoms with van der Waals surface area (Å²) in [7, 11) is 0. The van der Waals surface area contributed by atoms with Crippen LogP contribution in [0.3, 0.4) is 0 Å². The molecule has 3 aromatic carbocycles. The molecule has 0 N–H and O–H groups in total. The van der Waals surface area contributed by atoms with Gasteiger partial charge in [0.2, 0.25) is 17.6 Å². The number of hydrogen-bond acceptors (Lipinski definition) is 6. The van der Waals surface area contributed by atoms with Crippen molar-refractivity contribution in [3.63, 3.8) is 0 Å². The first-order valence-corrected chi connectivity index (χ1v) is 17.5. The molecule has 0 spiro atoms. The number of aromatic nitrogens is 1. The first-order valence-electron chi connectivity index (χ1n) is 15.4. The predicted octanol–water partition coefficient (Wildman–Crippen LogP) is 8.85. The lowest BCUT2D eigenvalue weighted by Gasteiger charge is -2.19. The third kappa shape index (κ3) is 5.57. The van der Waals surface area contributed by atoms with Gasteiger partial charge in [0.25, 0.3) is 0 Å². The van der Waals surface area contributed by atoms with Crippen LogP contribution in [0, 0.1) is 30.6 Å². The van der Waals surface area contributed by atoms with Crippen LogP contribution < -0.4 is 4.90 Å². The fourth-order valence-electron chi connectivity index (χ4n) is 7.56. The molecule has 2 aliphatic carbocycles. The smallest absolute Gasteiger partial charge is 0.339 e. The minimum absolute atomic E-state index is 0.0943. The molecule has 1 saturated heterocycles. The molecule has 2 heterocycles. The van der Waals surface area contributed by atoms with Crippen molar-refractivity contribution >= 4 is 90.9 Å². The van der Waals surface area contributed by atoms with E-state index in [4.69, 9.17) is 44.5 Å². The normalized spacial score (nSPS) is 22.2. The van der Waals surface area contributed by atoms with Crippen LogP contribution in [0.25, 0.3) is 22.2 Å². The van der Waals surface area contributed by atoms with Crippen molar-refractivity contribution in [3.8, 4) is 11.3 Å². The van der Waals surface area contributed by atoms with Crippen LogP contribution in [0.15, 0.2) is 65.1 Å². The molecule has 7 rings (SSSR count). The molecular formula is C36H28BrCl3N2O5. The van der Waals surface area contributed by atoms with Gasteiger partial charge in [-0.25, -0.2) is 9.78 Å². The Morgan fingerprint density at radius 2 is 1.62 bits per heavy atom. The number of carbonyl (C=O) groups is 4. The SMILES string of the molecule is Cc1c(Cl)c(Br)cc2c(C(=O)OC(CCCl)C(=O)c3ccc(Cl)cc3)cc(-c3ccc(N4C(=O)C5C6CCC(C6)C5C4=O)cc3)nc12.